The largest absolute Gasteiger partial charge is 0.456 e. The standard InChI is InChI=1S/C32H48O8/c1-7-25-15-21(3)14-20(2)12-13-30(24(6)34)40-31(37)26(10-8-9-11-28(35)22(4)16-25)19-38-32-27(18-33)29(36)17-23(5)39-32/h8-10,12,14,16,18,23-25,27-30,32,34-36H,7,11,13,15,17,19H2,1-6H3/b9-8+,20-12+,21-14+,22-16+,26-10+/t23-,24-,25-,27+,28+,29+,30+,32-/m1/s1. The second-order valence-electron chi connectivity index (χ2n) is 11.2. The molecule has 2 heterocycles. The van der Waals surface area contributed by atoms with Crippen molar-refractivity contribution in [3.8, 4) is 0 Å². The summed E-state index contributed by atoms with van der Waals surface area (Å²) >= 11 is 0. The van der Waals surface area contributed by atoms with Crippen molar-refractivity contribution in [3.63, 3.8) is 0 Å². The number of aliphatic hydroxyl groups is 3. The number of carbonyl (C=O) groups is 2. The van der Waals surface area contributed by atoms with Crippen LogP contribution in [0, 0.1) is 11.8 Å². The van der Waals surface area contributed by atoms with Crippen molar-refractivity contribution in [2.24, 2.45) is 11.8 Å². The van der Waals surface area contributed by atoms with Crippen molar-refractivity contribution in [1.82, 2.24) is 0 Å². The fourth-order valence-electron chi connectivity index (χ4n) is 4.87. The van der Waals surface area contributed by atoms with Crippen molar-refractivity contribution in [2.45, 2.75) is 110 Å². The lowest BCUT2D eigenvalue weighted by Gasteiger charge is -2.35. The Balaban J connectivity index is 2.36. The highest BCUT2D eigenvalue weighted by Crippen LogP contribution is 2.26. The van der Waals surface area contributed by atoms with E-state index in [1.165, 1.54) is 11.6 Å². The van der Waals surface area contributed by atoms with E-state index in [1.54, 1.807) is 26.0 Å². The third-order valence-corrected chi connectivity index (χ3v) is 7.39. The predicted molar refractivity (Wildman–Crippen MR) is 154 cm³/mol. The summed E-state index contributed by atoms with van der Waals surface area (Å²) in [5.74, 6) is -1.26. The number of allylic oxidation sites excluding steroid dienone is 6. The Morgan fingerprint density at radius 2 is 1.93 bits per heavy atom. The number of ether oxygens (including phenoxy) is 3. The van der Waals surface area contributed by atoms with Crippen molar-refractivity contribution >= 4 is 12.3 Å². The topological polar surface area (TPSA) is 123 Å². The van der Waals surface area contributed by atoms with Crippen LogP contribution in [0.25, 0.3) is 0 Å². The van der Waals surface area contributed by atoms with E-state index < -0.39 is 42.6 Å². The summed E-state index contributed by atoms with van der Waals surface area (Å²) < 4.78 is 17.2. The third-order valence-electron chi connectivity index (χ3n) is 7.39. The molecule has 0 spiro atoms. The minimum atomic E-state index is -1.02. The summed E-state index contributed by atoms with van der Waals surface area (Å²) in [6, 6.07) is 0. The molecule has 0 aromatic heterocycles. The van der Waals surface area contributed by atoms with Gasteiger partial charge in [-0.1, -0.05) is 48.5 Å². The molecule has 2 rings (SSSR count). The van der Waals surface area contributed by atoms with Gasteiger partial charge in [0.25, 0.3) is 0 Å². The highest BCUT2D eigenvalue weighted by Gasteiger charge is 2.37. The van der Waals surface area contributed by atoms with Gasteiger partial charge in [0.05, 0.1) is 42.5 Å². The van der Waals surface area contributed by atoms with Gasteiger partial charge in [0.1, 0.15) is 12.4 Å². The van der Waals surface area contributed by atoms with Gasteiger partial charge in [0.15, 0.2) is 6.29 Å². The summed E-state index contributed by atoms with van der Waals surface area (Å²) in [5, 5.41) is 31.3. The van der Waals surface area contributed by atoms with E-state index in [-0.39, 0.29) is 18.3 Å². The normalized spacial score (nSPS) is 38.4. The van der Waals surface area contributed by atoms with Crippen LogP contribution < -0.4 is 0 Å². The molecule has 0 radical (unpaired) electrons. The molecule has 0 aromatic carbocycles. The highest BCUT2D eigenvalue weighted by atomic mass is 16.7. The van der Waals surface area contributed by atoms with E-state index in [0.717, 1.165) is 24.0 Å². The molecule has 0 bridgehead atoms. The molecule has 224 valence electrons. The minimum Gasteiger partial charge on any atom is -0.456 e. The van der Waals surface area contributed by atoms with Crippen LogP contribution in [0.15, 0.2) is 58.7 Å². The Hall–Kier alpha value is -2.36. The van der Waals surface area contributed by atoms with Crippen LogP contribution in [0.4, 0.5) is 0 Å². The van der Waals surface area contributed by atoms with Crippen LogP contribution >= 0.6 is 0 Å². The summed E-state index contributed by atoms with van der Waals surface area (Å²) in [6.45, 7) is 11.2. The molecule has 0 aliphatic carbocycles. The maximum Gasteiger partial charge on any atom is 0.336 e. The number of rotatable bonds is 6. The first-order valence-electron chi connectivity index (χ1n) is 14.3. The SMILES string of the molecule is CC[C@H]1/C=C(\C)[C@@H](O)C/C=C/C=C(\CO[C@@H]2O[C@H](C)C[C@H](O)[C@@H]2C=O)C(=O)O[C@H]([C@@H](C)O)C/C=C(C)/C=C(\C)C1. The molecule has 1 saturated heterocycles. The van der Waals surface area contributed by atoms with Crippen molar-refractivity contribution in [3.05, 3.63) is 58.7 Å². The van der Waals surface area contributed by atoms with Gasteiger partial charge in [-0.25, -0.2) is 4.79 Å². The maximum absolute atomic E-state index is 13.2. The van der Waals surface area contributed by atoms with Gasteiger partial charge in [-0.15, -0.1) is 0 Å². The number of esters is 1. The number of carbonyl (C=O) groups excluding carboxylic acids is 2. The Morgan fingerprint density at radius 3 is 2.58 bits per heavy atom. The molecule has 0 amide bonds. The second kappa shape index (κ2) is 16.8. The summed E-state index contributed by atoms with van der Waals surface area (Å²) in [5.41, 5.74) is 3.24. The Kier molecular flexibility index (Phi) is 14.2. The third kappa shape index (κ3) is 10.9. The molecule has 0 unspecified atom stereocenters. The quantitative estimate of drug-likeness (QED) is 0.247. The average Bonchev–Trinajstić information content (AvgIpc) is 2.88. The van der Waals surface area contributed by atoms with Gasteiger partial charge in [0.2, 0.25) is 0 Å². The lowest BCUT2D eigenvalue weighted by atomic mass is 9.92. The first kappa shape index (κ1) is 33.8. The minimum absolute atomic E-state index is 0.147. The lowest BCUT2D eigenvalue weighted by Crippen LogP contribution is -2.45. The first-order valence-corrected chi connectivity index (χ1v) is 14.3. The van der Waals surface area contributed by atoms with E-state index in [2.05, 4.69) is 26.0 Å². The van der Waals surface area contributed by atoms with Gasteiger partial charge in [-0.3, -0.25) is 0 Å². The summed E-state index contributed by atoms with van der Waals surface area (Å²) in [6.07, 6.45) is 9.94. The Morgan fingerprint density at radius 1 is 1.20 bits per heavy atom. The molecule has 0 saturated carbocycles. The van der Waals surface area contributed by atoms with E-state index in [0.29, 0.717) is 31.5 Å². The number of hydrogen-bond acceptors (Lipinski definition) is 8. The van der Waals surface area contributed by atoms with Crippen molar-refractivity contribution < 1.29 is 39.1 Å². The molecule has 8 heteroatoms. The zero-order chi connectivity index (χ0) is 29.8. The number of aliphatic hydroxyl groups excluding tert-OH is 3. The van der Waals surface area contributed by atoms with Crippen LogP contribution in [-0.2, 0) is 23.8 Å². The monoisotopic (exact) mass is 560 g/mol. The Labute approximate surface area is 239 Å². The first-order chi connectivity index (χ1) is 18.9. The zero-order valence-electron chi connectivity index (χ0n) is 24.8. The highest BCUT2D eigenvalue weighted by molar-refractivity contribution is 5.89. The van der Waals surface area contributed by atoms with Crippen molar-refractivity contribution in [2.75, 3.05) is 6.61 Å². The summed E-state index contributed by atoms with van der Waals surface area (Å²) in [4.78, 5) is 24.8. The zero-order valence-corrected chi connectivity index (χ0v) is 24.8. The van der Waals surface area contributed by atoms with Crippen molar-refractivity contribution in [1.29, 1.82) is 0 Å². The molecule has 2 aliphatic heterocycles. The fraction of sp³-hybridized carbons (Fsp3) is 0.625. The van der Waals surface area contributed by atoms with Gasteiger partial charge in [-0.05, 0) is 71.4 Å². The van der Waals surface area contributed by atoms with Gasteiger partial charge in [0, 0.05) is 12.8 Å². The lowest BCUT2D eigenvalue weighted by molar-refractivity contribution is -0.232. The number of aldehydes is 1. The van der Waals surface area contributed by atoms with Crippen LogP contribution in [0.5, 0.6) is 0 Å². The van der Waals surface area contributed by atoms with Gasteiger partial charge < -0.3 is 34.3 Å². The Bertz CT molecular complexity index is 989. The predicted octanol–water partition coefficient (Wildman–Crippen LogP) is 4.50. The fourth-order valence-corrected chi connectivity index (χ4v) is 4.87. The summed E-state index contributed by atoms with van der Waals surface area (Å²) in [7, 11) is 0. The van der Waals surface area contributed by atoms with Gasteiger partial charge in [-0.2, -0.15) is 0 Å². The van der Waals surface area contributed by atoms with E-state index in [4.69, 9.17) is 14.2 Å². The van der Waals surface area contributed by atoms with E-state index in [9.17, 15) is 24.9 Å². The molecule has 1 fully saturated rings. The van der Waals surface area contributed by atoms with Crippen LogP contribution in [0.2, 0.25) is 0 Å². The smallest absolute Gasteiger partial charge is 0.336 e. The number of hydrogen-bond donors (Lipinski definition) is 3. The van der Waals surface area contributed by atoms with Crippen LogP contribution in [-0.4, -0.2) is 71.0 Å². The van der Waals surface area contributed by atoms with Crippen LogP contribution in [0.1, 0.15) is 73.6 Å². The molecular formula is C32H48O8. The molecule has 8 atom stereocenters. The average molecular weight is 561 g/mol. The van der Waals surface area contributed by atoms with Gasteiger partial charge >= 0.3 is 5.97 Å². The maximum atomic E-state index is 13.2. The molecular weight excluding hydrogens is 512 g/mol. The molecule has 40 heavy (non-hydrogen) atoms. The molecule has 0 aromatic rings. The molecule has 8 nitrogen and oxygen atoms in total. The van der Waals surface area contributed by atoms with E-state index >= 15 is 0 Å². The second-order valence-corrected chi connectivity index (χ2v) is 11.2. The number of cyclic esters (lactones) is 1. The van der Waals surface area contributed by atoms with E-state index in [1.807, 2.05) is 19.9 Å². The molecule has 3 N–H and O–H groups in total. The van der Waals surface area contributed by atoms with Crippen LogP contribution in [0.3, 0.4) is 0 Å². The molecule has 2 aliphatic rings.